The summed E-state index contributed by atoms with van der Waals surface area (Å²) in [5.41, 5.74) is -0.273. The second-order valence-electron chi connectivity index (χ2n) is 2.99. The van der Waals surface area contributed by atoms with Crippen LogP contribution in [0.25, 0.3) is 0 Å². The fraction of sp³-hybridized carbons (Fsp3) is 0.444. The van der Waals surface area contributed by atoms with E-state index in [9.17, 15) is 9.59 Å². The first-order valence-corrected chi connectivity index (χ1v) is 4.47. The number of hydrogen-bond donors (Lipinski definition) is 1. The third-order valence-corrected chi connectivity index (χ3v) is 1.93. The molecule has 6 nitrogen and oxygen atoms in total. The predicted octanol–water partition coefficient (Wildman–Crippen LogP) is -0.231. The fourth-order valence-electron chi connectivity index (χ4n) is 1.08. The lowest BCUT2D eigenvalue weighted by atomic mass is 10.4. The van der Waals surface area contributed by atoms with Crippen LogP contribution >= 0.6 is 0 Å². The van der Waals surface area contributed by atoms with E-state index in [1.165, 1.54) is 19.5 Å². The zero-order valence-corrected chi connectivity index (χ0v) is 8.69. The second kappa shape index (κ2) is 5.14. The van der Waals surface area contributed by atoms with Crippen LogP contribution in [0, 0.1) is 0 Å². The van der Waals surface area contributed by atoms with Crippen LogP contribution < -0.4 is 10.5 Å². The lowest BCUT2D eigenvalue weighted by molar-refractivity contribution is -0.140. The molecule has 0 amide bonds. The molecule has 0 aliphatic heterocycles. The number of carbonyl (C=O) groups excluding carboxylic acids is 1. The SMILES string of the molecule is COC(=O)CCN(C)c1ncc[nH]c1=O. The molecule has 0 saturated carbocycles. The molecule has 0 spiro atoms. The molecule has 0 atom stereocenters. The highest BCUT2D eigenvalue weighted by Gasteiger charge is 2.08. The molecule has 0 radical (unpaired) electrons. The van der Waals surface area contributed by atoms with Gasteiger partial charge in [0.25, 0.3) is 5.56 Å². The molecule has 1 aromatic rings. The normalized spacial score (nSPS) is 9.73. The third kappa shape index (κ3) is 3.08. The number of esters is 1. The molecule has 0 aliphatic carbocycles. The van der Waals surface area contributed by atoms with Crippen molar-refractivity contribution in [2.24, 2.45) is 0 Å². The Kier molecular flexibility index (Phi) is 3.84. The lowest BCUT2D eigenvalue weighted by Crippen LogP contribution is -2.28. The zero-order valence-electron chi connectivity index (χ0n) is 8.69. The summed E-state index contributed by atoms with van der Waals surface area (Å²) in [6.07, 6.45) is 3.17. The van der Waals surface area contributed by atoms with Gasteiger partial charge in [-0.3, -0.25) is 9.59 Å². The van der Waals surface area contributed by atoms with Gasteiger partial charge in [0.1, 0.15) is 0 Å². The molecule has 15 heavy (non-hydrogen) atoms. The number of aromatic nitrogens is 2. The number of carbonyl (C=O) groups is 1. The van der Waals surface area contributed by atoms with Gasteiger partial charge in [-0.15, -0.1) is 0 Å². The quantitative estimate of drug-likeness (QED) is 0.696. The van der Waals surface area contributed by atoms with E-state index in [0.29, 0.717) is 12.4 Å². The molecule has 0 fully saturated rings. The number of H-pyrrole nitrogens is 1. The van der Waals surface area contributed by atoms with Gasteiger partial charge in [0.2, 0.25) is 0 Å². The van der Waals surface area contributed by atoms with E-state index in [0.717, 1.165) is 0 Å². The molecule has 6 heteroatoms. The van der Waals surface area contributed by atoms with E-state index in [1.807, 2.05) is 0 Å². The summed E-state index contributed by atoms with van der Waals surface area (Å²) in [4.78, 5) is 30.2. The first-order valence-electron chi connectivity index (χ1n) is 4.47. The Morgan fingerprint density at radius 1 is 1.67 bits per heavy atom. The molecular formula is C9H13N3O3. The van der Waals surface area contributed by atoms with Crippen molar-refractivity contribution in [3.8, 4) is 0 Å². The monoisotopic (exact) mass is 211 g/mol. The highest BCUT2D eigenvalue weighted by molar-refractivity contribution is 5.69. The van der Waals surface area contributed by atoms with E-state index in [4.69, 9.17) is 0 Å². The van der Waals surface area contributed by atoms with Crippen molar-refractivity contribution in [3.05, 3.63) is 22.7 Å². The Labute approximate surface area is 86.9 Å². The van der Waals surface area contributed by atoms with Crippen LogP contribution in [0.3, 0.4) is 0 Å². The Hall–Kier alpha value is -1.85. The number of ether oxygens (including phenoxy) is 1. The molecule has 0 bridgehead atoms. The number of nitrogens with zero attached hydrogens (tertiary/aromatic N) is 2. The number of methoxy groups -OCH3 is 1. The summed E-state index contributed by atoms with van der Waals surface area (Å²) in [5.74, 6) is -0.0180. The summed E-state index contributed by atoms with van der Waals surface area (Å²) < 4.78 is 4.49. The predicted molar refractivity (Wildman–Crippen MR) is 54.8 cm³/mol. The van der Waals surface area contributed by atoms with Crippen LogP contribution in [0.1, 0.15) is 6.42 Å². The molecule has 82 valence electrons. The number of hydrogen-bond acceptors (Lipinski definition) is 5. The number of rotatable bonds is 4. The van der Waals surface area contributed by atoms with Gasteiger partial charge in [0.05, 0.1) is 13.5 Å². The Balaban J connectivity index is 2.62. The minimum atomic E-state index is -0.311. The molecule has 0 saturated heterocycles. The van der Waals surface area contributed by atoms with Gasteiger partial charge in [-0.05, 0) is 0 Å². The fourth-order valence-corrected chi connectivity index (χ4v) is 1.08. The minimum Gasteiger partial charge on any atom is -0.469 e. The molecule has 1 rings (SSSR count). The van der Waals surface area contributed by atoms with Gasteiger partial charge in [0.15, 0.2) is 5.82 Å². The molecule has 1 heterocycles. The largest absolute Gasteiger partial charge is 0.469 e. The summed E-state index contributed by atoms with van der Waals surface area (Å²) >= 11 is 0. The van der Waals surface area contributed by atoms with Gasteiger partial charge in [-0.2, -0.15) is 0 Å². The first kappa shape index (κ1) is 11.2. The average molecular weight is 211 g/mol. The van der Waals surface area contributed by atoms with E-state index in [-0.39, 0.29) is 17.9 Å². The van der Waals surface area contributed by atoms with Crippen LogP contribution in [0.5, 0.6) is 0 Å². The van der Waals surface area contributed by atoms with Crippen molar-refractivity contribution in [2.75, 3.05) is 25.6 Å². The molecular weight excluding hydrogens is 198 g/mol. The van der Waals surface area contributed by atoms with Crippen LogP contribution in [-0.2, 0) is 9.53 Å². The Bertz CT molecular complexity index is 388. The highest BCUT2D eigenvalue weighted by atomic mass is 16.5. The van der Waals surface area contributed by atoms with E-state index in [1.54, 1.807) is 11.9 Å². The molecule has 1 aromatic heterocycles. The van der Waals surface area contributed by atoms with Crippen LogP contribution in [0.2, 0.25) is 0 Å². The molecule has 0 aliphatic rings. The smallest absolute Gasteiger partial charge is 0.307 e. The summed E-state index contributed by atoms with van der Waals surface area (Å²) in [6, 6.07) is 0. The van der Waals surface area contributed by atoms with E-state index < -0.39 is 0 Å². The summed E-state index contributed by atoms with van der Waals surface area (Å²) in [7, 11) is 3.02. The summed E-state index contributed by atoms with van der Waals surface area (Å²) in [6.45, 7) is 0.396. The van der Waals surface area contributed by atoms with E-state index >= 15 is 0 Å². The third-order valence-electron chi connectivity index (χ3n) is 1.93. The zero-order chi connectivity index (χ0) is 11.3. The average Bonchev–Trinajstić information content (AvgIpc) is 2.26. The molecule has 0 unspecified atom stereocenters. The maximum Gasteiger partial charge on any atom is 0.307 e. The van der Waals surface area contributed by atoms with Crippen LogP contribution in [0.4, 0.5) is 5.82 Å². The van der Waals surface area contributed by atoms with Crippen molar-refractivity contribution in [1.82, 2.24) is 9.97 Å². The van der Waals surface area contributed by atoms with Crippen molar-refractivity contribution in [3.63, 3.8) is 0 Å². The van der Waals surface area contributed by atoms with Gasteiger partial charge in [-0.1, -0.05) is 0 Å². The number of anilines is 1. The lowest BCUT2D eigenvalue weighted by Gasteiger charge is -2.15. The van der Waals surface area contributed by atoms with Gasteiger partial charge < -0.3 is 14.6 Å². The van der Waals surface area contributed by atoms with Crippen molar-refractivity contribution in [2.45, 2.75) is 6.42 Å². The minimum absolute atomic E-state index is 0.225. The van der Waals surface area contributed by atoms with E-state index in [2.05, 4.69) is 14.7 Å². The maximum atomic E-state index is 11.3. The summed E-state index contributed by atoms with van der Waals surface area (Å²) in [5, 5.41) is 0. The molecule has 0 aromatic carbocycles. The maximum absolute atomic E-state index is 11.3. The van der Waals surface area contributed by atoms with Gasteiger partial charge in [-0.25, -0.2) is 4.98 Å². The standard InChI is InChI=1S/C9H13N3O3/c1-12(6-3-7(13)15-2)8-9(14)11-5-4-10-8/h4-5H,3,6H2,1-2H3,(H,11,14). The number of aromatic amines is 1. The molecule has 1 N–H and O–H groups in total. The second-order valence-corrected chi connectivity index (χ2v) is 2.99. The Morgan fingerprint density at radius 2 is 2.40 bits per heavy atom. The number of nitrogens with one attached hydrogen (secondary N) is 1. The highest BCUT2D eigenvalue weighted by Crippen LogP contribution is 2.00. The topological polar surface area (TPSA) is 75.3 Å². The van der Waals surface area contributed by atoms with Crippen molar-refractivity contribution < 1.29 is 9.53 Å². The van der Waals surface area contributed by atoms with Crippen molar-refractivity contribution in [1.29, 1.82) is 0 Å². The van der Waals surface area contributed by atoms with Crippen LogP contribution in [-0.4, -0.2) is 36.6 Å². The van der Waals surface area contributed by atoms with Crippen molar-refractivity contribution >= 4 is 11.8 Å². The Morgan fingerprint density at radius 3 is 3.00 bits per heavy atom. The van der Waals surface area contributed by atoms with Gasteiger partial charge >= 0.3 is 5.97 Å². The van der Waals surface area contributed by atoms with Gasteiger partial charge in [0, 0.05) is 26.0 Å². The first-order chi connectivity index (χ1) is 7.15. The van der Waals surface area contributed by atoms with Crippen LogP contribution in [0.15, 0.2) is 17.2 Å².